The standard InChI is InChI=1S/C17H22N2O2/c1-3-8-18-11-15-7-9-19-12-17(15)21-13-14-5-4-6-16(10-14)20-2/h4-7,9-10,12,18H,3,8,11,13H2,1-2H3. The molecule has 0 aliphatic rings. The Labute approximate surface area is 126 Å². The lowest BCUT2D eigenvalue weighted by Gasteiger charge is -2.12. The molecule has 4 nitrogen and oxygen atoms in total. The zero-order valence-corrected chi connectivity index (χ0v) is 12.6. The summed E-state index contributed by atoms with van der Waals surface area (Å²) in [7, 11) is 1.67. The zero-order valence-electron chi connectivity index (χ0n) is 12.6. The Morgan fingerprint density at radius 2 is 2.14 bits per heavy atom. The lowest BCUT2D eigenvalue weighted by molar-refractivity contribution is 0.300. The second-order valence-electron chi connectivity index (χ2n) is 4.80. The Kier molecular flexibility index (Phi) is 6.03. The summed E-state index contributed by atoms with van der Waals surface area (Å²) in [5.41, 5.74) is 2.20. The molecule has 0 amide bonds. The molecule has 0 bridgehead atoms. The Bertz CT molecular complexity index is 558. The van der Waals surface area contributed by atoms with E-state index in [-0.39, 0.29) is 0 Å². The number of hydrogen-bond acceptors (Lipinski definition) is 4. The van der Waals surface area contributed by atoms with Gasteiger partial charge in [0.2, 0.25) is 0 Å². The average Bonchev–Trinajstić information content (AvgIpc) is 2.54. The molecule has 0 saturated heterocycles. The van der Waals surface area contributed by atoms with Crippen molar-refractivity contribution in [2.24, 2.45) is 0 Å². The van der Waals surface area contributed by atoms with E-state index in [1.54, 1.807) is 19.5 Å². The lowest BCUT2D eigenvalue weighted by Crippen LogP contribution is -2.14. The minimum Gasteiger partial charge on any atom is -0.497 e. The molecule has 0 aliphatic carbocycles. The summed E-state index contributed by atoms with van der Waals surface area (Å²) >= 11 is 0. The molecule has 0 unspecified atom stereocenters. The topological polar surface area (TPSA) is 43.4 Å². The van der Waals surface area contributed by atoms with Crippen LogP contribution < -0.4 is 14.8 Å². The second-order valence-corrected chi connectivity index (χ2v) is 4.80. The van der Waals surface area contributed by atoms with E-state index in [1.165, 1.54) is 0 Å². The first-order valence-electron chi connectivity index (χ1n) is 7.22. The van der Waals surface area contributed by atoms with E-state index in [2.05, 4.69) is 17.2 Å². The lowest BCUT2D eigenvalue weighted by atomic mass is 10.2. The third-order valence-electron chi connectivity index (χ3n) is 3.14. The van der Waals surface area contributed by atoms with Gasteiger partial charge in [-0.05, 0) is 36.7 Å². The maximum Gasteiger partial charge on any atom is 0.142 e. The molecule has 0 radical (unpaired) electrons. The number of nitrogens with zero attached hydrogens (tertiary/aromatic N) is 1. The van der Waals surface area contributed by atoms with Crippen LogP contribution in [0.3, 0.4) is 0 Å². The molecular formula is C17H22N2O2. The van der Waals surface area contributed by atoms with Crippen LogP contribution in [0.1, 0.15) is 24.5 Å². The minimum absolute atomic E-state index is 0.504. The van der Waals surface area contributed by atoms with Crippen LogP contribution in [0.15, 0.2) is 42.7 Å². The number of benzene rings is 1. The monoisotopic (exact) mass is 286 g/mol. The van der Waals surface area contributed by atoms with E-state index in [1.807, 2.05) is 30.3 Å². The first kappa shape index (κ1) is 15.3. The molecule has 2 aromatic rings. The predicted molar refractivity (Wildman–Crippen MR) is 83.6 cm³/mol. The highest BCUT2D eigenvalue weighted by Gasteiger charge is 2.04. The van der Waals surface area contributed by atoms with Crippen molar-refractivity contribution < 1.29 is 9.47 Å². The van der Waals surface area contributed by atoms with Crippen LogP contribution in [0.2, 0.25) is 0 Å². The van der Waals surface area contributed by atoms with Gasteiger partial charge in [-0.1, -0.05) is 19.1 Å². The summed E-state index contributed by atoms with van der Waals surface area (Å²) in [6.45, 7) is 4.45. The van der Waals surface area contributed by atoms with Gasteiger partial charge in [0.25, 0.3) is 0 Å². The SMILES string of the molecule is CCCNCc1ccncc1OCc1cccc(OC)c1. The molecule has 1 aromatic carbocycles. The van der Waals surface area contributed by atoms with Gasteiger partial charge in [-0.2, -0.15) is 0 Å². The summed E-state index contributed by atoms with van der Waals surface area (Å²) in [6, 6.07) is 9.88. The second kappa shape index (κ2) is 8.27. The highest BCUT2D eigenvalue weighted by Crippen LogP contribution is 2.19. The van der Waals surface area contributed by atoms with Gasteiger partial charge in [0.1, 0.15) is 18.1 Å². The molecule has 0 fully saturated rings. The van der Waals surface area contributed by atoms with Gasteiger partial charge in [-0.3, -0.25) is 4.98 Å². The first-order chi connectivity index (χ1) is 10.3. The highest BCUT2D eigenvalue weighted by atomic mass is 16.5. The molecular weight excluding hydrogens is 264 g/mol. The molecule has 1 aromatic heterocycles. The van der Waals surface area contributed by atoms with Gasteiger partial charge in [-0.25, -0.2) is 0 Å². The molecule has 4 heteroatoms. The third-order valence-corrected chi connectivity index (χ3v) is 3.14. The number of ether oxygens (including phenoxy) is 2. The van der Waals surface area contributed by atoms with Gasteiger partial charge in [-0.15, -0.1) is 0 Å². The minimum atomic E-state index is 0.504. The largest absolute Gasteiger partial charge is 0.497 e. The molecule has 21 heavy (non-hydrogen) atoms. The molecule has 0 atom stereocenters. The van der Waals surface area contributed by atoms with Crippen LogP contribution in [0.5, 0.6) is 11.5 Å². The van der Waals surface area contributed by atoms with Crippen LogP contribution in [-0.4, -0.2) is 18.6 Å². The number of hydrogen-bond donors (Lipinski definition) is 1. The number of nitrogens with one attached hydrogen (secondary N) is 1. The van der Waals surface area contributed by atoms with E-state index in [0.717, 1.165) is 42.1 Å². The van der Waals surface area contributed by atoms with Crippen molar-refractivity contribution >= 4 is 0 Å². The predicted octanol–water partition coefficient (Wildman–Crippen LogP) is 3.17. The summed E-state index contributed by atoms with van der Waals surface area (Å²) in [4.78, 5) is 4.14. The number of pyridine rings is 1. The maximum absolute atomic E-state index is 5.90. The first-order valence-corrected chi connectivity index (χ1v) is 7.22. The third kappa shape index (κ3) is 4.76. The molecule has 0 saturated carbocycles. The number of aromatic nitrogens is 1. The molecule has 112 valence electrons. The fraction of sp³-hybridized carbons (Fsp3) is 0.353. The molecule has 1 N–H and O–H groups in total. The fourth-order valence-corrected chi connectivity index (χ4v) is 2.01. The van der Waals surface area contributed by atoms with Crippen molar-refractivity contribution in [1.82, 2.24) is 10.3 Å². The summed E-state index contributed by atoms with van der Waals surface area (Å²) in [6.07, 6.45) is 4.68. The van der Waals surface area contributed by atoms with Crippen molar-refractivity contribution in [3.63, 3.8) is 0 Å². The average molecular weight is 286 g/mol. The van der Waals surface area contributed by atoms with Gasteiger partial charge < -0.3 is 14.8 Å². The Morgan fingerprint density at radius 3 is 2.95 bits per heavy atom. The summed E-state index contributed by atoms with van der Waals surface area (Å²) in [5, 5.41) is 3.38. The fourth-order valence-electron chi connectivity index (χ4n) is 2.01. The summed E-state index contributed by atoms with van der Waals surface area (Å²) < 4.78 is 11.1. The van der Waals surface area contributed by atoms with E-state index in [4.69, 9.17) is 9.47 Å². The molecule has 2 rings (SSSR count). The molecule has 1 heterocycles. The summed E-state index contributed by atoms with van der Waals surface area (Å²) in [5.74, 6) is 1.66. The van der Waals surface area contributed by atoms with E-state index in [9.17, 15) is 0 Å². The molecule has 0 spiro atoms. The van der Waals surface area contributed by atoms with Gasteiger partial charge in [0.15, 0.2) is 0 Å². The van der Waals surface area contributed by atoms with Crippen molar-refractivity contribution in [2.45, 2.75) is 26.5 Å². The Morgan fingerprint density at radius 1 is 1.24 bits per heavy atom. The normalized spacial score (nSPS) is 10.4. The maximum atomic E-state index is 5.90. The van der Waals surface area contributed by atoms with Crippen molar-refractivity contribution in [1.29, 1.82) is 0 Å². The highest BCUT2D eigenvalue weighted by molar-refractivity contribution is 5.31. The van der Waals surface area contributed by atoms with Crippen LogP contribution in [-0.2, 0) is 13.2 Å². The van der Waals surface area contributed by atoms with Crippen LogP contribution >= 0.6 is 0 Å². The van der Waals surface area contributed by atoms with Gasteiger partial charge in [0, 0.05) is 18.3 Å². The van der Waals surface area contributed by atoms with Crippen LogP contribution in [0, 0.1) is 0 Å². The van der Waals surface area contributed by atoms with Gasteiger partial charge in [0.05, 0.1) is 13.3 Å². The van der Waals surface area contributed by atoms with Crippen molar-refractivity contribution in [3.05, 3.63) is 53.9 Å². The van der Waals surface area contributed by atoms with E-state index < -0.39 is 0 Å². The van der Waals surface area contributed by atoms with E-state index in [0.29, 0.717) is 6.61 Å². The van der Waals surface area contributed by atoms with E-state index >= 15 is 0 Å². The zero-order chi connectivity index (χ0) is 14.9. The smallest absolute Gasteiger partial charge is 0.142 e. The van der Waals surface area contributed by atoms with Gasteiger partial charge >= 0.3 is 0 Å². The number of methoxy groups -OCH3 is 1. The Balaban J connectivity index is 1.98. The van der Waals surface area contributed by atoms with Crippen molar-refractivity contribution in [2.75, 3.05) is 13.7 Å². The Hall–Kier alpha value is -2.07. The quantitative estimate of drug-likeness (QED) is 0.757. The molecule has 0 aliphatic heterocycles. The van der Waals surface area contributed by atoms with Crippen molar-refractivity contribution in [3.8, 4) is 11.5 Å². The number of rotatable bonds is 8. The van der Waals surface area contributed by atoms with Crippen LogP contribution in [0.25, 0.3) is 0 Å². The van der Waals surface area contributed by atoms with Crippen LogP contribution in [0.4, 0.5) is 0 Å².